The Morgan fingerprint density at radius 1 is 1.33 bits per heavy atom. The molecular weight excluding hydrogens is 365 g/mol. The molecule has 1 spiro atoms. The molecule has 0 fully saturated rings. The van der Waals surface area contributed by atoms with E-state index in [0.29, 0.717) is 23.6 Å². The van der Waals surface area contributed by atoms with Gasteiger partial charge in [-0.25, -0.2) is 9.40 Å². The summed E-state index contributed by atoms with van der Waals surface area (Å²) in [7, 11) is 0. The molecule has 0 aliphatic carbocycles. The van der Waals surface area contributed by atoms with E-state index in [0.717, 1.165) is 17.9 Å². The summed E-state index contributed by atoms with van der Waals surface area (Å²) >= 11 is 1.48. The van der Waals surface area contributed by atoms with Crippen LogP contribution in [-0.2, 0) is 9.67 Å². The van der Waals surface area contributed by atoms with Gasteiger partial charge in [0, 0.05) is 24.5 Å². The van der Waals surface area contributed by atoms with Gasteiger partial charge in [0.2, 0.25) is 5.91 Å². The maximum atomic E-state index is 13.6. The third-order valence-corrected chi connectivity index (χ3v) is 5.62. The predicted molar refractivity (Wildman–Crippen MR) is 106 cm³/mol. The molecule has 0 saturated carbocycles. The predicted octanol–water partition coefficient (Wildman–Crippen LogP) is 3.68. The Bertz CT molecular complexity index is 874. The number of amides is 1. The van der Waals surface area contributed by atoms with Crippen LogP contribution in [0.3, 0.4) is 0 Å². The third kappa shape index (κ3) is 3.70. The second kappa shape index (κ2) is 8.10. The summed E-state index contributed by atoms with van der Waals surface area (Å²) in [4.78, 5) is 11.6. The van der Waals surface area contributed by atoms with Crippen LogP contribution >= 0.6 is 11.8 Å². The van der Waals surface area contributed by atoms with Crippen LogP contribution in [0.15, 0.2) is 53.6 Å². The molecule has 5 nitrogen and oxygen atoms in total. The van der Waals surface area contributed by atoms with Crippen LogP contribution in [0.2, 0.25) is 0 Å². The van der Waals surface area contributed by atoms with E-state index in [4.69, 9.17) is 10.5 Å². The fraction of sp³-hybridized carbons (Fsp3) is 0.300. The van der Waals surface area contributed by atoms with Crippen LogP contribution in [-0.4, -0.2) is 29.1 Å². The molecule has 2 aliphatic rings. The van der Waals surface area contributed by atoms with Crippen molar-refractivity contribution in [3.05, 3.63) is 65.5 Å². The van der Waals surface area contributed by atoms with Crippen molar-refractivity contribution < 1.29 is 13.9 Å². The molecule has 0 radical (unpaired) electrons. The number of fused-ring (bicyclic) bond motifs is 2. The van der Waals surface area contributed by atoms with Crippen molar-refractivity contribution >= 4 is 22.7 Å². The summed E-state index contributed by atoms with van der Waals surface area (Å²) in [5, 5.41) is 6.67. The number of para-hydroxylation sites is 1. The second-order valence-electron chi connectivity index (χ2n) is 6.14. The molecule has 2 aromatic carbocycles. The number of carbonyl (C=O) groups is 1. The van der Waals surface area contributed by atoms with Crippen LogP contribution in [0.1, 0.15) is 31.4 Å². The van der Waals surface area contributed by atoms with Crippen LogP contribution in [0.25, 0.3) is 0 Å². The fourth-order valence-corrected chi connectivity index (χ4v) is 4.54. The van der Waals surface area contributed by atoms with Crippen molar-refractivity contribution in [2.45, 2.75) is 25.1 Å². The number of nitrogens with two attached hydrogens (primary N) is 1. The lowest BCUT2D eigenvalue weighted by atomic mass is 9.99. The first-order valence-electron chi connectivity index (χ1n) is 8.78. The van der Waals surface area contributed by atoms with E-state index in [9.17, 15) is 9.18 Å². The lowest BCUT2D eigenvalue weighted by Crippen LogP contribution is -2.43. The summed E-state index contributed by atoms with van der Waals surface area (Å²) in [5.41, 5.74) is 6.44. The zero-order valence-electron chi connectivity index (χ0n) is 15.3. The summed E-state index contributed by atoms with van der Waals surface area (Å²) in [6.07, 6.45) is 0.622. The number of hydrazone groups is 1. The molecule has 1 atom stereocenters. The zero-order chi connectivity index (χ0) is 19.4. The average molecular weight is 387 g/mol. The van der Waals surface area contributed by atoms with E-state index >= 15 is 0 Å². The van der Waals surface area contributed by atoms with E-state index in [1.807, 2.05) is 31.2 Å². The molecule has 4 rings (SSSR count). The molecule has 0 bridgehead atoms. The van der Waals surface area contributed by atoms with Gasteiger partial charge in [-0.2, -0.15) is 5.10 Å². The van der Waals surface area contributed by atoms with Gasteiger partial charge in [-0.15, -0.1) is 0 Å². The average Bonchev–Trinajstić information content (AvgIpc) is 3.03. The van der Waals surface area contributed by atoms with Gasteiger partial charge in [0.25, 0.3) is 0 Å². The Balaban J connectivity index is 0.000000659. The monoisotopic (exact) mass is 387 g/mol. The number of hydrogen-bond donors (Lipinski definition) is 1. The van der Waals surface area contributed by atoms with Gasteiger partial charge in [-0.05, 0) is 24.7 Å². The topological polar surface area (TPSA) is 67.9 Å². The molecule has 2 aromatic rings. The van der Waals surface area contributed by atoms with E-state index in [2.05, 4.69) is 5.10 Å². The van der Waals surface area contributed by atoms with E-state index in [1.54, 1.807) is 12.1 Å². The van der Waals surface area contributed by atoms with E-state index < -0.39 is 4.87 Å². The van der Waals surface area contributed by atoms with Crippen LogP contribution in [0, 0.1) is 5.82 Å². The standard InChI is InChI=1S/C18H15FN2O2S.C2H7N/c1-12(22)21-18(9-10-23-16-8-3-2-7-15(16)18)24-17(20-21)13-5-4-6-14(19)11-13;1-2-3/h2-8,11H,9-10H2,1H3;2-3H2,1H3. The fourth-order valence-electron chi connectivity index (χ4n) is 3.13. The molecule has 2 aliphatic heterocycles. The molecule has 27 heavy (non-hydrogen) atoms. The first-order chi connectivity index (χ1) is 13.0. The maximum absolute atomic E-state index is 13.6. The number of rotatable bonds is 1. The molecule has 2 heterocycles. The van der Waals surface area contributed by atoms with Crippen molar-refractivity contribution in [3.63, 3.8) is 0 Å². The Morgan fingerprint density at radius 3 is 2.78 bits per heavy atom. The summed E-state index contributed by atoms with van der Waals surface area (Å²) in [5.74, 6) is 0.294. The molecular formula is C20H22FN3O2S. The molecule has 0 aromatic heterocycles. The largest absolute Gasteiger partial charge is 0.493 e. The van der Waals surface area contributed by atoms with E-state index in [1.165, 1.54) is 35.8 Å². The van der Waals surface area contributed by atoms with Crippen LogP contribution in [0.4, 0.5) is 4.39 Å². The Hall–Kier alpha value is -2.38. The van der Waals surface area contributed by atoms with Gasteiger partial charge in [-0.3, -0.25) is 4.79 Å². The van der Waals surface area contributed by atoms with Crippen LogP contribution in [0.5, 0.6) is 5.75 Å². The smallest absolute Gasteiger partial charge is 0.241 e. The van der Waals surface area contributed by atoms with Gasteiger partial charge < -0.3 is 10.5 Å². The number of ether oxygens (including phenoxy) is 1. The van der Waals surface area contributed by atoms with E-state index in [-0.39, 0.29) is 11.7 Å². The Kier molecular flexibility index (Phi) is 5.82. The number of hydrogen-bond acceptors (Lipinski definition) is 5. The first kappa shape index (κ1) is 19.4. The quantitative estimate of drug-likeness (QED) is 0.810. The summed E-state index contributed by atoms with van der Waals surface area (Å²) in [6.45, 7) is 4.65. The highest BCUT2D eigenvalue weighted by molar-refractivity contribution is 8.15. The highest BCUT2D eigenvalue weighted by Crippen LogP contribution is 2.53. The van der Waals surface area contributed by atoms with Gasteiger partial charge in [0.05, 0.1) is 6.61 Å². The SMILES string of the molecule is CC(=O)N1N=C(c2cccc(F)c2)SC12CCOc1ccccc12.CCN. The second-order valence-corrected chi connectivity index (χ2v) is 7.40. The third-order valence-electron chi connectivity index (χ3n) is 4.17. The number of halogens is 1. The summed E-state index contributed by atoms with van der Waals surface area (Å²) in [6, 6.07) is 14.0. The number of thioether (sulfide) groups is 1. The molecule has 7 heteroatoms. The molecule has 1 unspecified atom stereocenters. The van der Waals surface area contributed by atoms with Crippen molar-refractivity contribution in [2.24, 2.45) is 10.8 Å². The van der Waals surface area contributed by atoms with Crippen molar-refractivity contribution in [1.82, 2.24) is 5.01 Å². The minimum atomic E-state index is -0.637. The minimum Gasteiger partial charge on any atom is -0.493 e. The maximum Gasteiger partial charge on any atom is 0.241 e. The first-order valence-corrected chi connectivity index (χ1v) is 9.60. The number of nitrogens with zero attached hydrogens (tertiary/aromatic N) is 2. The molecule has 1 amide bonds. The highest BCUT2D eigenvalue weighted by Gasteiger charge is 2.50. The van der Waals surface area contributed by atoms with Crippen molar-refractivity contribution in [3.8, 4) is 5.75 Å². The zero-order valence-corrected chi connectivity index (χ0v) is 16.1. The van der Waals surface area contributed by atoms with Crippen LogP contribution < -0.4 is 10.5 Å². The highest BCUT2D eigenvalue weighted by atomic mass is 32.2. The molecule has 2 N–H and O–H groups in total. The number of benzene rings is 2. The van der Waals surface area contributed by atoms with Gasteiger partial charge >= 0.3 is 0 Å². The normalized spacial score (nSPS) is 20.3. The van der Waals surface area contributed by atoms with Crippen molar-refractivity contribution in [1.29, 1.82) is 0 Å². The Labute approximate surface area is 162 Å². The van der Waals surface area contributed by atoms with Gasteiger partial charge in [0.15, 0.2) is 0 Å². The molecule has 142 valence electrons. The lowest BCUT2D eigenvalue weighted by Gasteiger charge is -2.39. The van der Waals surface area contributed by atoms with Gasteiger partial charge in [0.1, 0.15) is 21.5 Å². The lowest BCUT2D eigenvalue weighted by molar-refractivity contribution is -0.132. The number of carbonyl (C=O) groups excluding carboxylic acids is 1. The molecule has 0 saturated heterocycles. The van der Waals surface area contributed by atoms with Crippen molar-refractivity contribution in [2.75, 3.05) is 13.2 Å². The Morgan fingerprint density at radius 2 is 2.07 bits per heavy atom. The van der Waals surface area contributed by atoms with Gasteiger partial charge in [-0.1, -0.05) is 49.0 Å². The summed E-state index contributed by atoms with van der Waals surface area (Å²) < 4.78 is 19.3. The minimum absolute atomic E-state index is 0.148.